The first-order valence-electron chi connectivity index (χ1n) is 16.3. The molecule has 3 heterocycles. The smallest absolute Gasteiger partial charge is 0.251 e. The van der Waals surface area contributed by atoms with Gasteiger partial charge < -0.3 is 15.1 Å². The molecular weight excluding hydrogens is 610 g/mol. The fourth-order valence-corrected chi connectivity index (χ4v) is 9.42. The van der Waals surface area contributed by atoms with Crippen LogP contribution in [0.2, 0.25) is 5.02 Å². The maximum Gasteiger partial charge on any atom is 0.251 e. The zero-order valence-corrected chi connectivity index (χ0v) is 28.5. The Morgan fingerprint density at radius 3 is 2.31 bits per heavy atom. The Bertz CT molecular complexity index is 1450. The number of carbonyl (C=O) groups excluding carboxylic acids is 2. The number of hydrogen-bond donors (Lipinski definition) is 1. The molecule has 3 saturated heterocycles. The molecular formula is C34H48ClN5O4S. The summed E-state index contributed by atoms with van der Waals surface area (Å²) in [7, 11) is -1.58. The molecule has 2 aromatic rings. The summed E-state index contributed by atoms with van der Waals surface area (Å²) in [6.45, 7) is 9.70. The molecule has 246 valence electrons. The Kier molecular flexibility index (Phi) is 10.9. The van der Waals surface area contributed by atoms with E-state index in [1.54, 1.807) is 23.4 Å². The molecule has 3 aliphatic heterocycles. The third kappa shape index (κ3) is 7.73. The van der Waals surface area contributed by atoms with Crippen molar-refractivity contribution < 1.29 is 18.0 Å². The number of halogens is 1. The molecule has 45 heavy (non-hydrogen) atoms. The van der Waals surface area contributed by atoms with Crippen LogP contribution < -0.4 is 5.32 Å². The van der Waals surface area contributed by atoms with Gasteiger partial charge in [-0.2, -0.15) is 4.31 Å². The molecule has 0 radical (unpaired) electrons. The molecule has 11 heteroatoms. The van der Waals surface area contributed by atoms with Gasteiger partial charge in [0.15, 0.2) is 0 Å². The van der Waals surface area contributed by atoms with Crippen molar-refractivity contribution in [2.24, 2.45) is 0 Å². The minimum atomic E-state index is -3.71. The number of benzene rings is 2. The predicted molar refractivity (Wildman–Crippen MR) is 178 cm³/mol. The topological polar surface area (TPSA) is 93.3 Å². The SMILES string of the molecule is Cc1cc(S(=O)(=O)N2CCCCC2CCC(=O)N2CCC(CNC(=O)c3ccccc3)(N3CCN(C)CC3)CC2)c(C)cc1Cl. The molecule has 3 aliphatic rings. The molecule has 0 saturated carbocycles. The number of carbonyl (C=O) groups is 2. The van der Waals surface area contributed by atoms with Gasteiger partial charge in [-0.25, -0.2) is 8.42 Å². The van der Waals surface area contributed by atoms with Gasteiger partial charge in [0.1, 0.15) is 0 Å². The summed E-state index contributed by atoms with van der Waals surface area (Å²) in [6.07, 6.45) is 4.93. The summed E-state index contributed by atoms with van der Waals surface area (Å²) in [5.74, 6) is 0.00953. The zero-order valence-electron chi connectivity index (χ0n) is 26.9. The zero-order chi connectivity index (χ0) is 32.2. The van der Waals surface area contributed by atoms with Crippen LogP contribution in [-0.4, -0.2) is 110 Å². The summed E-state index contributed by atoms with van der Waals surface area (Å²) in [6, 6.07) is 12.5. The Labute approximate surface area is 273 Å². The molecule has 3 fully saturated rings. The molecule has 0 aliphatic carbocycles. The van der Waals surface area contributed by atoms with E-state index in [0.29, 0.717) is 60.1 Å². The highest BCUT2D eigenvalue weighted by molar-refractivity contribution is 7.89. The standard InChI is InChI=1S/C34H48ClN5O4S/c1-26-24-31(27(2)23-30(26)35)45(43,44)40-16-8-7-11-29(40)12-13-32(41)38-17-14-34(15-18-38,39-21-19-37(3)20-22-39)25-36-33(42)28-9-5-4-6-10-28/h4-6,9-10,23-24,29H,7-8,11-22,25H2,1-3H3,(H,36,42). The van der Waals surface area contributed by atoms with Gasteiger partial charge in [0, 0.05) is 80.9 Å². The molecule has 9 nitrogen and oxygen atoms in total. The maximum atomic E-state index is 13.8. The number of piperazine rings is 1. The lowest BCUT2D eigenvalue weighted by atomic mass is 9.84. The minimum Gasteiger partial charge on any atom is -0.350 e. The number of nitrogens with zero attached hydrogens (tertiary/aromatic N) is 4. The van der Waals surface area contributed by atoms with Gasteiger partial charge in [-0.15, -0.1) is 0 Å². The van der Waals surface area contributed by atoms with E-state index in [4.69, 9.17) is 11.6 Å². The molecule has 1 N–H and O–H groups in total. The van der Waals surface area contributed by atoms with Crippen LogP contribution in [0, 0.1) is 13.8 Å². The normalized spacial score (nSPS) is 21.9. The lowest BCUT2D eigenvalue weighted by molar-refractivity contribution is -0.134. The number of hydrogen-bond acceptors (Lipinski definition) is 6. The van der Waals surface area contributed by atoms with Crippen molar-refractivity contribution in [2.75, 3.05) is 59.4 Å². The first-order chi connectivity index (χ1) is 21.5. The first-order valence-corrected chi connectivity index (χ1v) is 18.2. The Morgan fingerprint density at radius 1 is 0.933 bits per heavy atom. The van der Waals surface area contributed by atoms with E-state index in [1.165, 1.54) is 0 Å². The summed E-state index contributed by atoms with van der Waals surface area (Å²) in [5, 5.41) is 3.76. The number of piperidine rings is 2. The van der Waals surface area contributed by atoms with Crippen LogP contribution >= 0.6 is 11.6 Å². The van der Waals surface area contributed by atoms with E-state index < -0.39 is 10.0 Å². The van der Waals surface area contributed by atoms with Crippen LogP contribution in [0.5, 0.6) is 0 Å². The minimum absolute atomic E-state index is 0.0708. The molecule has 5 rings (SSSR count). The lowest BCUT2D eigenvalue weighted by Crippen LogP contribution is -2.64. The van der Waals surface area contributed by atoms with E-state index >= 15 is 0 Å². The average Bonchev–Trinajstić information content (AvgIpc) is 3.05. The molecule has 1 atom stereocenters. The van der Waals surface area contributed by atoms with Gasteiger partial charge in [-0.05, 0) is 88.4 Å². The van der Waals surface area contributed by atoms with E-state index in [0.717, 1.165) is 63.8 Å². The van der Waals surface area contributed by atoms with Gasteiger partial charge in [-0.3, -0.25) is 14.5 Å². The second-order valence-corrected chi connectivity index (χ2v) is 15.4. The van der Waals surface area contributed by atoms with Crippen LogP contribution in [-0.2, 0) is 14.8 Å². The van der Waals surface area contributed by atoms with Crippen molar-refractivity contribution >= 4 is 33.4 Å². The first kappa shape index (κ1) is 33.9. The molecule has 0 aromatic heterocycles. The fraction of sp³-hybridized carbons (Fsp3) is 0.588. The molecule has 2 amide bonds. The van der Waals surface area contributed by atoms with Crippen molar-refractivity contribution in [1.82, 2.24) is 24.3 Å². The van der Waals surface area contributed by atoms with Crippen molar-refractivity contribution in [3.63, 3.8) is 0 Å². The second-order valence-electron chi connectivity index (χ2n) is 13.1. The number of aryl methyl sites for hydroxylation is 2. The Balaban J connectivity index is 1.22. The number of nitrogens with one attached hydrogen (secondary N) is 1. The van der Waals surface area contributed by atoms with Crippen molar-refractivity contribution in [1.29, 1.82) is 0 Å². The second kappa shape index (κ2) is 14.5. The van der Waals surface area contributed by atoms with Crippen LogP contribution in [0.25, 0.3) is 0 Å². The maximum absolute atomic E-state index is 13.8. The predicted octanol–water partition coefficient (Wildman–Crippen LogP) is 4.32. The monoisotopic (exact) mass is 657 g/mol. The number of likely N-dealkylation sites (N-methyl/N-ethyl adjacent to an activating group) is 1. The number of amides is 2. The van der Waals surface area contributed by atoms with Gasteiger partial charge in [0.2, 0.25) is 15.9 Å². The summed E-state index contributed by atoms with van der Waals surface area (Å²) in [5.41, 5.74) is 1.83. The summed E-state index contributed by atoms with van der Waals surface area (Å²) < 4.78 is 29.3. The van der Waals surface area contributed by atoms with E-state index in [2.05, 4.69) is 22.2 Å². The number of rotatable bonds is 9. The highest BCUT2D eigenvalue weighted by atomic mass is 35.5. The quantitative estimate of drug-likeness (QED) is 0.432. The van der Waals surface area contributed by atoms with E-state index in [1.807, 2.05) is 42.2 Å². The van der Waals surface area contributed by atoms with Crippen molar-refractivity contribution in [3.05, 3.63) is 64.2 Å². The van der Waals surface area contributed by atoms with Crippen molar-refractivity contribution in [2.45, 2.75) is 75.3 Å². The Morgan fingerprint density at radius 2 is 1.62 bits per heavy atom. The third-order valence-corrected chi connectivity index (χ3v) is 12.6. The van der Waals surface area contributed by atoms with Gasteiger partial charge in [0.25, 0.3) is 5.91 Å². The summed E-state index contributed by atoms with van der Waals surface area (Å²) >= 11 is 6.26. The highest BCUT2D eigenvalue weighted by Crippen LogP contribution is 2.33. The van der Waals surface area contributed by atoms with Crippen LogP contribution in [0.3, 0.4) is 0 Å². The van der Waals surface area contributed by atoms with Gasteiger partial charge >= 0.3 is 0 Å². The number of likely N-dealkylation sites (tertiary alicyclic amines) is 1. The summed E-state index contributed by atoms with van der Waals surface area (Å²) in [4.78, 5) is 33.6. The van der Waals surface area contributed by atoms with E-state index in [-0.39, 0.29) is 23.4 Å². The van der Waals surface area contributed by atoms with Gasteiger partial charge in [0.05, 0.1) is 4.90 Å². The van der Waals surface area contributed by atoms with Crippen molar-refractivity contribution in [3.8, 4) is 0 Å². The van der Waals surface area contributed by atoms with Gasteiger partial charge in [-0.1, -0.05) is 36.2 Å². The average molecular weight is 658 g/mol. The highest BCUT2D eigenvalue weighted by Gasteiger charge is 2.42. The molecule has 0 bridgehead atoms. The van der Waals surface area contributed by atoms with E-state index in [9.17, 15) is 18.0 Å². The lowest BCUT2D eigenvalue weighted by Gasteiger charge is -2.51. The molecule has 2 aromatic carbocycles. The Hall–Kier alpha value is -2.50. The largest absolute Gasteiger partial charge is 0.350 e. The fourth-order valence-electron chi connectivity index (χ4n) is 7.18. The number of sulfonamides is 1. The van der Waals surface area contributed by atoms with Crippen LogP contribution in [0.1, 0.15) is 66.4 Å². The molecule has 1 unspecified atom stereocenters. The third-order valence-electron chi connectivity index (χ3n) is 10.1. The molecule has 0 spiro atoms. The van der Waals surface area contributed by atoms with Crippen LogP contribution in [0.15, 0.2) is 47.4 Å². The van der Waals surface area contributed by atoms with Crippen LogP contribution in [0.4, 0.5) is 0 Å².